The van der Waals surface area contributed by atoms with Gasteiger partial charge in [-0.2, -0.15) is 0 Å². The van der Waals surface area contributed by atoms with E-state index >= 15 is 0 Å². The SMILES string of the molecule is CC(=O)CNC(=O)C(CNCN)NC(=O)CNC(=O)C(N)CNCN. The van der Waals surface area contributed by atoms with Crippen LogP contribution in [0, 0.1) is 0 Å². The topological polar surface area (TPSA) is 206 Å². The maximum absolute atomic E-state index is 12.0. The average molecular weight is 360 g/mol. The Morgan fingerprint density at radius 2 is 1.44 bits per heavy atom. The van der Waals surface area contributed by atoms with Gasteiger partial charge in [0.05, 0.1) is 19.1 Å². The Labute approximate surface area is 146 Å². The van der Waals surface area contributed by atoms with Crippen LogP contribution in [0.1, 0.15) is 6.92 Å². The van der Waals surface area contributed by atoms with Crippen molar-refractivity contribution in [2.75, 3.05) is 39.5 Å². The molecule has 2 unspecified atom stereocenters. The highest BCUT2D eigenvalue weighted by Crippen LogP contribution is 1.85. The third-order valence-corrected chi connectivity index (χ3v) is 2.92. The fourth-order valence-electron chi connectivity index (χ4n) is 1.65. The lowest BCUT2D eigenvalue weighted by Crippen LogP contribution is -2.55. The molecule has 0 saturated heterocycles. The van der Waals surface area contributed by atoms with Gasteiger partial charge in [0, 0.05) is 26.4 Å². The molecule has 0 fully saturated rings. The molecule has 0 spiro atoms. The van der Waals surface area contributed by atoms with Gasteiger partial charge in [0.2, 0.25) is 17.7 Å². The predicted octanol–water partition coefficient (Wildman–Crippen LogP) is -5.37. The van der Waals surface area contributed by atoms with Crippen LogP contribution in [0.3, 0.4) is 0 Å². The number of hydrogen-bond donors (Lipinski definition) is 8. The Bertz CT molecular complexity index is 459. The lowest BCUT2D eigenvalue weighted by atomic mass is 10.2. The summed E-state index contributed by atoms with van der Waals surface area (Å²) in [5, 5.41) is 12.6. The zero-order valence-corrected chi connectivity index (χ0v) is 14.3. The van der Waals surface area contributed by atoms with E-state index < -0.39 is 29.8 Å². The number of amides is 3. The van der Waals surface area contributed by atoms with E-state index in [9.17, 15) is 19.2 Å². The van der Waals surface area contributed by atoms with Crippen LogP contribution in [0.2, 0.25) is 0 Å². The van der Waals surface area contributed by atoms with Crippen molar-refractivity contribution >= 4 is 23.5 Å². The van der Waals surface area contributed by atoms with E-state index in [0.29, 0.717) is 0 Å². The van der Waals surface area contributed by atoms with Gasteiger partial charge in [0.1, 0.15) is 11.8 Å². The Hall–Kier alpha value is -2.12. The minimum atomic E-state index is -0.945. The first kappa shape index (κ1) is 22.9. The molecule has 0 aromatic heterocycles. The minimum Gasteiger partial charge on any atom is -0.347 e. The van der Waals surface area contributed by atoms with Crippen LogP contribution in [0.15, 0.2) is 0 Å². The third-order valence-electron chi connectivity index (χ3n) is 2.92. The molecule has 25 heavy (non-hydrogen) atoms. The molecule has 0 aliphatic carbocycles. The highest BCUT2D eigenvalue weighted by Gasteiger charge is 2.21. The Kier molecular flexibility index (Phi) is 12.1. The summed E-state index contributed by atoms with van der Waals surface area (Å²) in [5.41, 5.74) is 16.1. The minimum absolute atomic E-state index is 0.0693. The van der Waals surface area contributed by atoms with Gasteiger partial charge >= 0.3 is 0 Å². The summed E-state index contributed by atoms with van der Waals surface area (Å²) >= 11 is 0. The van der Waals surface area contributed by atoms with E-state index in [-0.39, 0.29) is 45.3 Å². The molecule has 11 N–H and O–H groups in total. The zero-order chi connectivity index (χ0) is 19.2. The van der Waals surface area contributed by atoms with Crippen LogP contribution < -0.4 is 43.8 Å². The highest BCUT2D eigenvalue weighted by molar-refractivity contribution is 5.92. The first-order valence-corrected chi connectivity index (χ1v) is 7.73. The molecule has 0 heterocycles. The first-order valence-electron chi connectivity index (χ1n) is 7.73. The van der Waals surface area contributed by atoms with Gasteiger partial charge < -0.3 is 43.8 Å². The molecule has 0 bridgehead atoms. The van der Waals surface area contributed by atoms with Crippen molar-refractivity contribution in [3.05, 3.63) is 0 Å². The average Bonchev–Trinajstić information content (AvgIpc) is 2.58. The van der Waals surface area contributed by atoms with E-state index in [1.165, 1.54) is 6.92 Å². The van der Waals surface area contributed by atoms with Crippen molar-refractivity contribution in [1.29, 1.82) is 0 Å². The summed E-state index contributed by atoms with van der Waals surface area (Å²) in [7, 11) is 0. The standard InChI is InChI=1S/C13H28N8O4/c1-8(22)2-19-13(25)10(4-18-7-15)21-11(23)5-20-12(24)9(16)3-17-6-14/h9-10,17-18H,2-7,14-16H2,1H3,(H,19,25)(H,20,24)(H,21,23). The van der Waals surface area contributed by atoms with E-state index in [1.807, 2.05) is 0 Å². The van der Waals surface area contributed by atoms with Crippen molar-refractivity contribution in [3.8, 4) is 0 Å². The van der Waals surface area contributed by atoms with E-state index in [4.69, 9.17) is 17.2 Å². The van der Waals surface area contributed by atoms with Gasteiger partial charge in [0.15, 0.2) is 0 Å². The normalized spacial score (nSPS) is 12.8. The van der Waals surface area contributed by atoms with E-state index in [1.54, 1.807) is 0 Å². The Balaban J connectivity index is 4.42. The van der Waals surface area contributed by atoms with Crippen molar-refractivity contribution in [3.63, 3.8) is 0 Å². The monoisotopic (exact) mass is 360 g/mol. The molecule has 2 atom stereocenters. The third kappa shape index (κ3) is 11.1. The van der Waals surface area contributed by atoms with Gasteiger partial charge in [-0.25, -0.2) is 0 Å². The molecule has 0 radical (unpaired) electrons. The van der Waals surface area contributed by atoms with E-state index in [2.05, 4.69) is 26.6 Å². The van der Waals surface area contributed by atoms with Crippen molar-refractivity contribution < 1.29 is 19.2 Å². The number of carbonyl (C=O) groups is 4. The molecule has 0 aliphatic heterocycles. The second-order valence-electron chi connectivity index (χ2n) is 5.18. The molecule has 0 aromatic carbocycles. The van der Waals surface area contributed by atoms with Crippen LogP contribution in [0.4, 0.5) is 0 Å². The summed E-state index contributed by atoms with van der Waals surface area (Å²) in [4.78, 5) is 46.5. The number of nitrogens with two attached hydrogens (primary N) is 3. The summed E-state index contributed by atoms with van der Waals surface area (Å²) < 4.78 is 0. The van der Waals surface area contributed by atoms with Crippen LogP contribution in [-0.4, -0.2) is 75.1 Å². The molecule has 0 rings (SSSR count). The van der Waals surface area contributed by atoms with Crippen LogP contribution in [0.5, 0.6) is 0 Å². The van der Waals surface area contributed by atoms with E-state index in [0.717, 1.165) is 0 Å². The second kappa shape index (κ2) is 13.2. The smallest absolute Gasteiger partial charge is 0.244 e. The van der Waals surface area contributed by atoms with Gasteiger partial charge in [-0.05, 0) is 6.92 Å². The number of nitrogens with one attached hydrogen (secondary N) is 5. The van der Waals surface area contributed by atoms with Crippen LogP contribution in [0.25, 0.3) is 0 Å². The highest BCUT2D eigenvalue weighted by atomic mass is 16.2. The van der Waals surface area contributed by atoms with Crippen molar-refractivity contribution in [1.82, 2.24) is 26.6 Å². The molecular formula is C13H28N8O4. The molecule has 0 saturated carbocycles. The maximum atomic E-state index is 12.0. The molecule has 0 aliphatic rings. The number of carbonyl (C=O) groups excluding carboxylic acids is 4. The van der Waals surface area contributed by atoms with Crippen molar-refractivity contribution in [2.45, 2.75) is 19.0 Å². The second-order valence-corrected chi connectivity index (χ2v) is 5.18. The van der Waals surface area contributed by atoms with Gasteiger partial charge in [-0.15, -0.1) is 0 Å². The Morgan fingerprint density at radius 3 is 2.00 bits per heavy atom. The fourth-order valence-corrected chi connectivity index (χ4v) is 1.65. The number of rotatable bonds is 13. The summed E-state index contributed by atoms with van der Waals surface area (Å²) in [6, 6.07) is -1.80. The van der Waals surface area contributed by atoms with Crippen LogP contribution >= 0.6 is 0 Å². The number of hydrogen-bond acceptors (Lipinski definition) is 9. The summed E-state index contributed by atoms with van der Waals surface area (Å²) in [6.07, 6.45) is 0. The summed E-state index contributed by atoms with van der Waals surface area (Å²) in [6.45, 7) is 1.34. The fraction of sp³-hybridized carbons (Fsp3) is 0.692. The van der Waals surface area contributed by atoms with Gasteiger partial charge in [0.25, 0.3) is 0 Å². The van der Waals surface area contributed by atoms with Crippen molar-refractivity contribution in [2.24, 2.45) is 17.2 Å². The predicted molar refractivity (Wildman–Crippen MR) is 90.7 cm³/mol. The molecule has 3 amide bonds. The first-order chi connectivity index (χ1) is 11.8. The lowest BCUT2D eigenvalue weighted by molar-refractivity contribution is -0.130. The van der Waals surface area contributed by atoms with Gasteiger partial charge in [-0.3, -0.25) is 19.2 Å². The molecule has 0 aromatic rings. The maximum Gasteiger partial charge on any atom is 0.244 e. The number of ketones is 1. The van der Waals surface area contributed by atoms with Gasteiger partial charge in [-0.1, -0.05) is 0 Å². The Morgan fingerprint density at radius 1 is 0.880 bits per heavy atom. The molecule has 144 valence electrons. The van der Waals surface area contributed by atoms with Crippen LogP contribution in [-0.2, 0) is 19.2 Å². The number of Topliss-reactive ketones (excluding diaryl/α,β-unsaturated/α-hetero) is 1. The molecular weight excluding hydrogens is 332 g/mol. The lowest BCUT2D eigenvalue weighted by Gasteiger charge is -2.19. The largest absolute Gasteiger partial charge is 0.347 e. The molecule has 12 heteroatoms. The summed E-state index contributed by atoms with van der Waals surface area (Å²) in [5.74, 6) is -1.89. The molecule has 12 nitrogen and oxygen atoms in total. The quantitative estimate of drug-likeness (QED) is 0.147. The zero-order valence-electron chi connectivity index (χ0n) is 14.3.